The van der Waals surface area contributed by atoms with Crippen molar-refractivity contribution in [3.05, 3.63) is 24.0 Å². The summed E-state index contributed by atoms with van der Waals surface area (Å²) >= 11 is 8.04. The van der Waals surface area contributed by atoms with Crippen molar-refractivity contribution in [2.75, 3.05) is 23.7 Å². The maximum atomic E-state index is 5.98. The Bertz CT molecular complexity index is 381. The first-order valence-electron chi connectivity index (χ1n) is 6.00. The predicted octanol–water partition coefficient (Wildman–Crippen LogP) is 3.54. The molecule has 2 rings (SSSR count). The lowest BCUT2D eigenvalue weighted by molar-refractivity contribution is 0.637. The third-order valence-electron chi connectivity index (χ3n) is 3.20. The summed E-state index contributed by atoms with van der Waals surface area (Å²) in [5, 5.41) is 0. The topological polar surface area (TPSA) is 16.1 Å². The summed E-state index contributed by atoms with van der Waals surface area (Å²) in [7, 11) is 0. The molecule has 0 atom stereocenters. The maximum absolute atomic E-state index is 5.98. The molecule has 4 heteroatoms. The first kappa shape index (κ1) is 13.0. The molecule has 2 nitrogen and oxygen atoms in total. The van der Waals surface area contributed by atoms with Crippen LogP contribution in [-0.4, -0.2) is 28.6 Å². The summed E-state index contributed by atoms with van der Waals surface area (Å²) in [6, 6.07) is 2.08. The Morgan fingerprint density at radius 3 is 3.06 bits per heavy atom. The molecule has 1 aromatic rings. The van der Waals surface area contributed by atoms with Gasteiger partial charge in [0, 0.05) is 47.2 Å². The molecule has 1 aromatic heterocycles. The molecule has 94 valence electrons. The lowest BCUT2D eigenvalue weighted by atomic mass is 10.1. The zero-order valence-electron chi connectivity index (χ0n) is 10.4. The van der Waals surface area contributed by atoms with E-state index in [1.54, 1.807) is 0 Å². The number of anilines is 1. The van der Waals surface area contributed by atoms with Crippen LogP contribution in [0.25, 0.3) is 0 Å². The highest BCUT2D eigenvalue weighted by Crippen LogP contribution is 2.33. The van der Waals surface area contributed by atoms with Crippen LogP contribution in [0.3, 0.4) is 0 Å². The van der Waals surface area contributed by atoms with Crippen LogP contribution in [0.1, 0.15) is 25.8 Å². The van der Waals surface area contributed by atoms with E-state index < -0.39 is 0 Å². The van der Waals surface area contributed by atoms with Crippen molar-refractivity contribution >= 4 is 29.1 Å². The van der Waals surface area contributed by atoms with E-state index in [2.05, 4.69) is 41.6 Å². The van der Waals surface area contributed by atoms with Gasteiger partial charge in [0.2, 0.25) is 0 Å². The Labute approximate surface area is 113 Å². The van der Waals surface area contributed by atoms with Gasteiger partial charge < -0.3 is 4.90 Å². The molecule has 0 N–H and O–H groups in total. The third-order valence-corrected chi connectivity index (χ3v) is 4.86. The highest BCUT2D eigenvalue weighted by molar-refractivity contribution is 8.00. The molecule has 1 aliphatic heterocycles. The Morgan fingerprint density at radius 1 is 1.47 bits per heavy atom. The van der Waals surface area contributed by atoms with E-state index in [4.69, 9.17) is 11.6 Å². The van der Waals surface area contributed by atoms with Crippen molar-refractivity contribution in [2.24, 2.45) is 0 Å². The quantitative estimate of drug-likeness (QED) is 0.765. The maximum Gasteiger partial charge on any atom is 0.0509 e. The fourth-order valence-electron chi connectivity index (χ4n) is 2.09. The average Bonchev–Trinajstić information content (AvgIpc) is 2.50. The summed E-state index contributed by atoms with van der Waals surface area (Å²) in [4.78, 5) is 6.59. The summed E-state index contributed by atoms with van der Waals surface area (Å²) in [6.45, 7) is 6.86. The van der Waals surface area contributed by atoms with Gasteiger partial charge in [-0.1, -0.05) is 13.8 Å². The summed E-state index contributed by atoms with van der Waals surface area (Å²) in [6.07, 6.45) is 4.95. The minimum atomic E-state index is 0.392. The van der Waals surface area contributed by atoms with Crippen molar-refractivity contribution in [1.29, 1.82) is 0 Å². The van der Waals surface area contributed by atoms with Gasteiger partial charge in [0.05, 0.1) is 5.88 Å². The van der Waals surface area contributed by atoms with E-state index in [9.17, 15) is 0 Å². The number of halogens is 1. The van der Waals surface area contributed by atoms with E-state index in [1.807, 2.05) is 12.4 Å². The Hall–Kier alpha value is -0.410. The predicted molar refractivity (Wildman–Crippen MR) is 77.2 cm³/mol. The molecule has 1 saturated heterocycles. The van der Waals surface area contributed by atoms with Crippen LogP contribution in [0.2, 0.25) is 0 Å². The zero-order valence-corrected chi connectivity index (χ0v) is 12.0. The van der Waals surface area contributed by atoms with Crippen molar-refractivity contribution in [2.45, 2.75) is 30.9 Å². The third kappa shape index (κ3) is 3.29. The number of alkyl halides is 1. The van der Waals surface area contributed by atoms with E-state index >= 15 is 0 Å². The van der Waals surface area contributed by atoms with Crippen LogP contribution >= 0.6 is 23.4 Å². The van der Waals surface area contributed by atoms with Gasteiger partial charge in [-0.25, -0.2) is 0 Å². The molecule has 0 bridgehead atoms. The minimum absolute atomic E-state index is 0.392. The second kappa shape index (κ2) is 5.49. The van der Waals surface area contributed by atoms with Crippen LogP contribution in [0, 0.1) is 0 Å². The highest BCUT2D eigenvalue weighted by Gasteiger charge is 2.24. The van der Waals surface area contributed by atoms with Crippen molar-refractivity contribution in [3.8, 4) is 0 Å². The number of aromatic nitrogens is 1. The van der Waals surface area contributed by atoms with Gasteiger partial charge in [0.15, 0.2) is 0 Å². The van der Waals surface area contributed by atoms with Crippen LogP contribution in [0.4, 0.5) is 5.69 Å². The van der Waals surface area contributed by atoms with E-state index in [1.165, 1.54) is 17.9 Å². The Balaban J connectivity index is 2.17. The lowest BCUT2D eigenvalue weighted by Gasteiger charge is -2.25. The fourth-order valence-corrected chi connectivity index (χ4v) is 3.40. The van der Waals surface area contributed by atoms with Gasteiger partial charge in [-0.05, 0) is 12.5 Å². The number of nitrogens with zero attached hydrogens (tertiary/aromatic N) is 2. The fraction of sp³-hybridized carbons (Fsp3) is 0.615. The Kier molecular flexibility index (Phi) is 4.21. The second-order valence-electron chi connectivity index (χ2n) is 4.98. The van der Waals surface area contributed by atoms with Crippen LogP contribution in [0.15, 0.2) is 18.5 Å². The van der Waals surface area contributed by atoms with Crippen LogP contribution in [0.5, 0.6) is 0 Å². The van der Waals surface area contributed by atoms with Gasteiger partial charge in [0.1, 0.15) is 0 Å². The monoisotopic (exact) mass is 270 g/mol. The van der Waals surface area contributed by atoms with Gasteiger partial charge >= 0.3 is 0 Å². The number of thioether (sulfide) groups is 1. The molecule has 1 aliphatic rings. The summed E-state index contributed by atoms with van der Waals surface area (Å²) in [5.74, 6) is 1.72. The molecule has 2 heterocycles. The van der Waals surface area contributed by atoms with Crippen molar-refractivity contribution in [1.82, 2.24) is 4.98 Å². The molecule has 0 spiro atoms. The van der Waals surface area contributed by atoms with Crippen LogP contribution < -0.4 is 4.90 Å². The number of pyridine rings is 1. The van der Waals surface area contributed by atoms with Crippen LogP contribution in [-0.2, 0) is 5.88 Å². The largest absolute Gasteiger partial charge is 0.370 e. The first-order chi connectivity index (χ1) is 8.12. The second-order valence-corrected chi connectivity index (χ2v) is 7.05. The molecule has 0 aliphatic carbocycles. The smallest absolute Gasteiger partial charge is 0.0509 e. The van der Waals surface area contributed by atoms with Gasteiger partial charge in [-0.15, -0.1) is 11.6 Å². The number of rotatable bonds is 2. The number of hydrogen-bond acceptors (Lipinski definition) is 3. The lowest BCUT2D eigenvalue weighted by Crippen LogP contribution is -2.27. The highest BCUT2D eigenvalue weighted by atomic mass is 35.5. The molecule has 0 amide bonds. The molecule has 0 radical (unpaired) electrons. The van der Waals surface area contributed by atoms with Gasteiger partial charge in [-0.2, -0.15) is 11.8 Å². The van der Waals surface area contributed by atoms with Gasteiger partial charge in [-0.3, -0.25) is 4.98 Å². The average molecular weight is 271 g/mol. The molecular formula is C13H19ClN2S. The summed E-state index contributed by atoms with van der Waals surface area (Å²) < 4.78 is 0.392. The normalized spacial score (nSPS) is 20.1. The zero-order chi connectivity index (χ0) is 12.3. The molecule has 0 unspecified atom stereocenters. The molecule has 0 saturated carbocycles. The van der Waals surface area contributed by atoms with E-state index in [-0.39, 0.29) is 0 Å². The first-order valence-corrected chi connectivity index (χ1v) is 7.52. The van der Waals surface area contributed by atoms with E-state index in [0.717, 1.165) is 18.7 Å². The minimum Gasteiger partial charge on any atom is -0.370 e. The number of hydrogen-bond donors (Lipinski definition) is 0. The molecular weight excluding hydrogens is 252 g/mol. The summed E-state index contributed by atoms with van der Waals surface area (Å²) in [5.41, 5.74) is 2.40. The SMILES string of the molecule is CC1(C)CCN(c2ccncc2CCl)CCS1. The Morgan fingerprint density at radius 2 is 2.29 bits per heavy atom. The molecule has 0 aromatic carbocycles. The molecule has 1 fully saturated rings. The van der Waals surface area contributed by atoms with Crippen molar-refractivity contribution < 1.29 is 0 Å². The standard InChI is InChI=1S/C13H19ClN2S/c1-13(2)4-6-16(7-8-17-13)12-3-5-15-10-11(12)9-14/h3,5,10H,4,6-9H2,1-2H3. The van der Waals surface area contributed by atoms with E-state index in [0.29, 0.717) is 10.6 Å². The van der Waals surface area contributed by atoms with Gasteiger partial charge in [0.25, 0.3) is 0 Å². The van der Waals surface area contributed by atoms with Crippen molar-refractivity contribution in [3.63, 3.8) is 0 Å². The molecule has 17 heavy (non-hydrogen) atoms.